The Labute approximate surface area is 166 Å². The first-order valence-corrected chi connectivity index (χ1v) is 8.80. The molecule has 0 saturated carbocycles. The molecule has 0 saturated heterocycles. The summed E-state index contributed by atoms with van der Waals surface area (Å²) in [6, 6.07) is 18.2. The van der Waals surface area contributed by atoms with Gasteiger partial charge in [0, 0.05) is 28.9 Å². The molecule has 0 aliphatic heterocycles. The molecule has 3 aromatic rings. The van der Waals surface area contributed by atoms with E-state index in [0.717, 1.165) is 11.6 Å². The van der Waals surface area contributed by atoms with Crippen LogP contribution in [-0.2, 0) is 0 Å². The average molecular weight is 392 g/mol. The molecule has 3 aromatic carbocycles. The number of benzene rings is 3. The number of hydrogen-bond acceptors (Lipinski definition) is 4. The SMILES string of the molecule is Cc1ccc(NC(=O)c2c(C(=O)S)cc([N+](=O)[O-])cc2-c2ccccc2)cc1. The van der Waals surface area contributed by atoms with Crippen LogP contribution in [0.5, 0.6) is 0 Å². The van der Waals surface area contributed by atoms with Gasteiger partial charge in [-0.1, -0.05) is 48.0 Å². The zero-order valence-electron chi connectivity index (χ0n) is 14.9. The fourth-order valence-corrected chi connectivity index (χ4v) is 3.00. The molecule has 0 aliphatic carbocycles. The number of amides is 1. The molecule has 0 aromatic heterocycles. The van der Waals surface area contributed by atoms with Gasteiger partial charge in [-0.25, -0.2) is 0 Å². The van der Waals surface area contributed by atoms with Crippen molar-refractivity contribution in [1.82, 2.24) is 0 Å². The number of anilines is 1. The maximum Gasteiger partial charge on any atom is 0.270 e. The Morgan fingerprint density at radius 2 is 1.64 bits per heavy atom. The number of nitrogens with one attached hydrogen (secondary N) is 1. The molecule has 140 valence electrons. The van der Waals surface area contributed by atoms with Crippen molar-refractivity contribution in [2.24, 2.45) is 0 Å². The van der Waals surface area contributed by atoms with E-state index in [4.69, 9.17) is 0 Å². The summed E-state index contributed by atoms with van der Waals surface area (Å²) < 4.78 is 0. The molecule has 0 spiro atoms. The highest BCUT2D eigenvalue weighted by Gasteiger charge is 2.25. The van der Waals surface area contributed by atoms with Crippen molar-refractivity contribution in [3.05, 3.63) is 93.5 Å². The van der Waals surface area contributed by atoms with Crippen molar-refractivity contribution >= 4 is 35.0 Å². The lowest BCUT2D eigenvalue weighted by atomic mass is 9.94. The van der Waals surface area contributed by atoms with Crippen LogP contribution in [0.25, 0.3) is 11.1 Å². The highest BCUT2D eigenvalue weighted by molar-refractivity contribution is 7.97. The molecule has 0 radical (unpaired) electrons. The number of hydrogen-bond donors (Lipinski definition) is 2. The maximum atomic E-state index is 13.0. The van der Waals surface area contributed by atoms with Crippen LogP contribution in [0.4, 0.5) is 11.4 Å². The maximum absolute atomic E-state index is 13.0. The van der Waals surface area contributed by atoms with Crippen molar-refractivity contribution in [1.29, 1.82) is 0 Å². The molecule has 7 heteroatoms. The Kier molecular flexibility index (Phi) is 5.56. The molecule has 0 bridgehead atoms. The minimum absolute atomic E-state index is 0.0392. The predicted octanol–water partition coefficient (Wildman–Crippen LogP) is 4.89. The molecule has 0 unspecified atom stereocenters. The summed E-state index contributed by atoms with van der Waals surface area (Å²) in [5.74, 6) is -0.546. The molecule has 3 rings (SSSR count). The molecule has 6 nitrogen and oxygen atoms in total. The van der Waals surface area contributed by atoms with Gasteiger partial charge in [0.15, 0.2) is 0 Å². The van der Waals surface area contributed by atoms with E-state index in [9.17, 15) is 19.7 Å². The number of thiol groups is 1. The fraction of sp³-hybridized carbons (Fsp3) is 0.0476. The van der Waals surface area contributed by atoms with Crippen molar-refractivity contribution in [2.45, 2.75) is 6.92 Å². The van der Waals surface area contributed by atoms with Crippen LogP contribution in [0.2, 0.25) is 0 Å². The van der Waals surface area contributed by atoms with Gasteiger partial charge in [0.25, 0.3) is 11.6 Å². The minimum atomic E-state index is -0.727. The second kappa shape index (κ2) is 8.06. The number of nitro benzene ring substituents is 1. The van der Waals surface area contributed by atoms with Crippen molar-refractivity contribution in [3.8, 4) is 11.1 Å². The third kappa shape index (κ3) is 4.10. The lowest BCUT2D eigenvalue weighted by molar-refractivity contribution is -0.384. The molecule has 1 amide bonds. The standard InChI is InChI=1S/C21H16N2O4S/c1-13-7-9-15(10-8-13)22-20(24)19-17(14-5-3-2-4-6-14)11-16(23(26)27)12-18(19)21(25)28/h2-12H,1H3,(H,22,24)(H,25,28). The number of carbonyl (C=O) groups excluding carboxylic acids is 2. The number of nitrogens with zero attached hydrogens (tertiary/aromatic N) is 1. The highest BCUT2D eigenvalue weighted by Crippen LogP contribution is 2.32. The highest BCUT2D eigenvalue weighted by atomic mass is 32.1. The van der Waals surface area contributed by atoms with Crippen LogP contribution in [0.3, 0.4) is 0 Å². The van der Waals surface area contributed by atoms with Gasteiger partial charge in [0.2, 0.25) is 5.12 Å². The first-order chi connectivity index (χ1) is 13.4. The fourth-order valence-electron chi connectivity index (χ4n) is 2.82. The number of aryl methyl sites for hydroxylation is 1. The van der Waals surface area contributed by atoms with Gasteiger partial charge in [0.05, 0.1) is 10.5 Å². The summed E-state index contributed by atoms with van der Waals surface area (Å²) in [5, 5.41) is 13.3. The van der Waals surface area contributed by atoms with Crippen LogP contribution in [-0.4, -0.2) is 15.9 Å². The molecule has 0 heterocycles. The van der Waals surface area contributed by atoms with E-state index in [2.05, 4.69) is 17.9 Å². The zero-order chi connectivity index (χ0) is 20.3. The van der Waals surface area contributed by atoms with Gasteiger partial charge in [0.1, 0.15) is 0 Å². The second-order valence-electron chi connectivity index (χ2n) is 6.16. The third-order valence-corrected chi connectivity index (χ3v) is 4.43. The van der Waals surface area contributed by atoms with E-state index < -0.39 is 15.9 Å². The summed E-state index contributed by atoms with van der Waals surface area (Å²) >= 11 is 3.83. The van der Waals surface area contributed by atoms with Crippen LogP contribution in [0.15, 0.2) is 66.7 Å². The normalized spacial score (nSPS) is 10.4. The van der Waals surface area contributed by atoms with E-state index in [1.165, 1.54) is 6.07 Å². The Balaban J connectivity index is 2.19. The molecular formula is C21H16N2O4S. The molecule has 28 heavy (non-hydrogen) atoms. The second-order valence-corrected chi connectivity index (χ2v) is 6.57. The average Bonchev–Trinajstić information content (AvgIpc) is 2.69. The van der Waals surface area contributed by atoms with Gasteiger partial charge in [-0.3, -0.25) is 19.7 Å². The van der Waals surface area contributed by atoms with Crippen molar-refractivity contribution in [3.63, 3.8) is 0 Å². The van der Waals surface area contributed by atoms with Gasteiger partial charge >= 0.3 is 0 Å². The number of carbonyl (C=O) groups is 2. The monoisotopic (exact) mass is 392 g/mol. The van der Waals surface area contributed by atoms with Crippen molar-refractivity contribution in [2.75, 3.05) is 5.32 Å². The summed E-state index contributed by atoms with van der Waals surface area (Å²) in [6.45, 7) is 1.92. The number of nitro groups is 1. The largest absolute Gasteiger partial charge is 0.322 e. The summed E-state index contributed by atoms with van der Waals surface area (Å²) in [4.78, 5) is 35.8. The first kappa shape index (κ1) is 19.3. The van der Waals surface area contributed by atoms with Gasteiger partial charge in [-0.15, -0.1) is 12.6 Å². The van der Waals surface area contributed by atoms with Crippen LogP contribution in [0, 0.1) is 17.0 Å². The van der Waals surface area contributed by atoms with E-state index in [0.29, 0.717) is 11.3 Å². The zero-order valence-corrected chi connectivity index (χ0v) is 15.8. The Hall–Kier alpha value is -3.45. The molecule has 1 N–H and O–H groups in total. The van der Waals surface area contributed by atoms with Gasteiger partial charge in [-0.05, 0) is 24.6 Å². The summed E-state index contributed by atoms with van der Waals surface area (Å²) in [6.07, 6.45) is 0. The van der Waals surface area contributed by atoms with E-state index in [1.807, 2.05) is 19.1 Å². The first-order valence-electron chi connectivity index (χ1n) is 8.36. The Morgan fingerprint density at radius 3 is 2.21 bits per heavy atom. The smallest absolute Gasteiger partial charge is 0.270 e. The molecule has 0 atom stereocenters. The van der Waals surface area contributed by atoms with E-state index >= 15 is 0 Å². The molecular weight excluding hydrogens is 376 g/mol. The van der Waals surface area contributed by atoms with Gasteiger partial charge in [-0.2, -0.15) is 0 Å². The lowest BCUT2D eigenvalue weighted by Gasteiger charge is -2.14. The number of rotatable bonds is 5. The molecule has 0 fully saturated rings. The van der Waals surface area contributed by atoms with Crippen LogP contribution >= 0.6 is 12.6 Å². The van der Waals surface area contributed by atoms with Gasteiger partial charge < -0.3 is 5.32 Å². The summed E-state index contributed by atoms with van der Waals surface area (Å²) in [5.41, 5.74) is 2.07. The lowest BCUT2D eigenvalue weighted by Crippen LogP contribution is -2.17. The predicted molar refractivity (Wildman–Crippen MR) is 111 cm³/mol. The summed E-state index contributed by atoms with van der Waals surface area (Å²) in [7, 11) is 0. The molecule has 0 aliphatic rings. The van der Waals surface area contributed by atoms with E-state index in [-0.39, 0.29) is 22.4 Å². The van der Waals surface area contributed by atoms with Crippen LogP contribution in [0.1, 0.15) is 26.3 Å². The van der Waals surface area contributed by atoms with E-state index in [1.54, 1.807) is 42.5 Å². The topological polar surface area (TPSA) is 89.3 Å². The Morgan fingerprint density at radius 1 is 1.00 bits per heavy atom. The van der Waals surface area contributed by atoms with Crippen molar-refractivity contribution < 1.29 is 14.5 Å². The number of non-ortho nitro benzene ring substituents is 1. The third-order valence-electron chi connectivity index (χ3n) is 4.19. The quantitative estimate of drug-likeness (QED) is 0.367. The minimum Gasteiger partial charge on any atom is -0.322 e. The van der Waals surface area contributed by atoms with Crippen LogP contribution < -0.4 is 5.32 Å². The Bertz CT molecular complexity index is 1060.